The normalized spacial score (nSPS) is 12.1. The van der Waals surface area contributed by atoms with Crippen molar-refractivity contribution >= 4 is 11.6 Å². The van der Waals surface area contributed by atoms with Crippen LogP contribution in [0.3, 0.4) is 0 Å². The van der Waals surface area contributed by atoms with Crippen molar-refractivity contribution in [3.63, 3.8) is 0 Å². The van der Waals surface area contributed by atoms with Gasteiger partial charge in [-0.15, -0.1) is 0 Å². The molecule has 0 unspecified atom stereocenters. The van der Waals surface area contributed by atoms with E-state index in [1.165, 1.54) is 5.56 Å². The van der Waals surface area contributed by atoms with E-state index in [2.05, 4.69) is 46.4 Å². The molecule has 1 amide bonds. The number of nitrogens with zero attached hydrogens (tertiary/aromatic N) is 4. The van der Waals surface area contributed by atoms with E-state index in [0.717, 1.165) is 22.3 Å². The fraction of sp³-hybridized carbons (Fsp3) is 0.217. The fourth-order valence-corrected chi connectivity index (χ4v) is 3.34. The van der Waals surface area contributed by atoms with Crippen LogP contribution < -0.4 is 5.32 Å². The van der Waals surface area contributed by atoms with Gasteiger partial charge in [0.05, 0.1) is 6.04 Å². The average Bonchev–Trinajstić information content (AvgIpc) is 3.18. The number of carbonyl (C=O) groups is 1. The summed E-state index contributed by atoms with van der Waals surface area (Å²) in [5, 5.41) is 16.6. The summed E-state index contributed by atoms with van der Waals surface area (Å²) in [5.74, 6) is -0.295. The number of rotatable bonds is 6. The predicted molar refractivity (Wildman–Crippen MR) is 113 cm³/mol. The van der Waals surface area contributed by atoms with Gasteiger partial charge < -0.3 is 10.4 Å². The summed E-state index contributed by atoms with van der Waals surface area (Å²) in [6.45, 7) is 4.15. The first kappa shape index (κ1) is 19.7. The second kappa shape index (κ2) is 8.42. The van der Waals surface area contributed by atoms with E-state index in [9.17, 15) is 4.79 Å². The zero-order valence-corrected chi connectivity index (χ0v) is 16.9. The molecule has 7 nitrogen and oxygen atoms in total. The van der Waals surface area contributed by atoms with E-state index >= 15 is 0 Å². The van der Waals surface area contributed by atoms with Gasteiger partial charge >= 0.3 is 0 Å². The number of nitrogens with one attached hydrogen (secondary N) is 1. The summed E-state index contributed by atoms with van der Waals surface area (Å²) in [6, 6.07) is 11.3. The Balaban J connectivity index is 1.66. The highest BCUT2D eigenvalue weighted by Crippen LogP contribution is 2.24. The van der Waals surface area contributed by atoms with Crippen LogP contribution in [0.2, 0.25) is 0 Å². The SMILES string of the molecule is Cc1ccc([C@@H](NC(=O)c2cc3ncc(CCO)cn3n2)c2cccnc2)cc1C. The molecule has 0 bridgehead atoms. The number of aromatic nitrogens is 4. The minimum absolute atomic E-state index is 0.0323. The molecule has 0 aliphatic heterocycles. The number of amides is 1. The Morgan fingerprint density at radius 1 is 1.13 bits per heavy atom. The minimum atomic E-state index is -0.353. The number of carbonyl (C=O) groups excluding carboxylic acids is 1. The van der Waals surface area contributed by atoms with Crippen molar-refractivity contribution in [1.82, 2.24) is 24.9 Å². The standard InChI is InChI=1S/C23H23N5O2/c1-15-5-6-18(10-16(15)2)22(19-4-3-8-24-13-19)26-23(30)20-11-21-25-12-17(7-9-29)14-28(21)27-20/h3-6,8,10-14,22,29H,7,9H2,1-2H3,(H,26,30)/t22-/m1/s1. The van der Waals surface area contributed by atoms with E-state index in [-0.39, 0.29) is 24.2 Å². The molecule has 2 N–H and O–H groups in total. The first-order valence-corrected chi connectivity index (χ1v) is 9.78. The molecule has 0 saturated heterocycles. The van der Waals surface area contributed by atoms with Gasteiger partial charge in [-0.05, 0) is 54.2 Å². The van der Waals surface area contributed by atoms with E-state index in [4.69, 9.17) is 5.11 Å². The van der Waals surface area contributed by atoms with E-state index in [1.54, 1.807) is 35.4 Å². The quantitative estimate of drug-likeness (QED) is 0.518. The van der Waals surface area contributed by atoms with Gasteiger partial charge in [-0.1, -0.05) is 24.3 Å². The van der Waals surface area contributed by atoms with Crippen molar-refractivity contribution in [2.45, 2.75) is 26.3 Å². The summed E-state index contributed by atoms with van der Waals surface area (Å²) in [4.78, 5) is 21.6. The second-order valence-electron chi connectivity index (χ2n) is 7.30. The van der Waals surface area contributed by atoms with Crippen LogP contribution in [0.25, 0.3) is 5.65 Å². The highest BCUT2D eigenvalue weighted by molar-refractivity contribution is 5.93. The van der Waals surface area contributed by atoms with Crippen molar-refractivity contribution in [1.29, 1.82) is 0 Å². The third-order valence-electron chi connectivity index (χ3n) is 5.16. The Bertz CT molecular complexity index is 1190. The Morgan fingerprint density at radius 2 is 2.00 bits per heavy atom. The molecule has 0 spiro atoms. The zero-order valence-electron chi connectivity index (χ0n) is 16.9. The van der Waals surface area contributed by atoms with Gasteiger partial charge in [0.25, 0.3) is 5.91 Å². The number of pyridine rings is 1. The third kappa shape index (κ3) is 4.06. The van der Waals surface area contributed by atoms with Gasteiger partial charge in [0.15, 0.2) is 11.3 Å². The number of fused-ring (bicyclic) bond motifs is 1. The molecule has 0 radical (unpaired) electrons. The number of aliphatic hydroxyl groups is 1. The van der Waals surface area contributed by atoms with Gasteiger partial charge in [0.2, 0.25) is 0 Å². The molecule has 4 aromatic rings. The fourth-order valence-electron chi connectivity index (χ4n) is 3.34. The smallest absolute Gasteiger partial charge is 0.272 e. The Kier molecular flexibility index (Phi) is 5.54. The lowest BCUT2D eigenvalue weighted by molar-refractivity contribution is 0.0937. The monoisotopic (exact) mass is 401 g/mol. The molecule has 0 saturated carbocycles. The van der Waals surface area contributed by atoms with Crippen LogP contribution in [0.5, 0.6) is 0 Å². The van der Waals surface area contributed by atoms with E-state index < -0.39 is 0 Å². The van der Waals surface area contributed by atoms with Crippen LogP contribution in [-0.4, -0.2) is 37.2 Å². The minimum Gasteiger partial charge on any atom is -0.396 e. The van der Waals surface area contributed by atoms with Crippen molar-refractivity contribution in [2.75, 3.05) is 6.61 Å². The summed E-state index contributed by atoms with van der Waals surface area (Å²) in [7, 11) is 0. The summed E-state index contributed by atoms with van der Waals surface area (Å²) in [6.07, 6.45) is 7.41. The predicted octanol–water partition coefficient (Wildman–Crippen LogP) is 2.80. The van der Waals surface area contributed by atoms with Gasteiger partial charge in [0.1, 0.15) is 0 Å². The topological polar surface area (TPSA) is 92.4 Å². The van der Waals surface area contributed by atoms with Crippen LogP contribution in [0.1, 0.15) is 44.3 Å². The van der Waals surface area contributed by atoms with E-state index in [0.29, 0.717) is 12.1 Å². The summed E-state index contributed by atoms with van der Waals surface area (Å²) in [5.41, 5.74) is 5.92. The number of hydrogen-bond donors (Lipinski definition) is 2. The number of hydrogen-bond acceptors (Lipinski definition) is 5. The van der Waals surface area contributed by atoms with Gasteiger partial charge in [-0.2, -0.15) is 5.10 Å². The van der Waals surface area contributed by atoms with Crippen molar-refractivity contribution in [3.05, 3.63) is 94.7 Å². The highest BCUT2D eigenvalue weighted by atomic mass is 16.3. The first-order valence-electron chi connectivity index (χ1n) is 9.78. The zero-order chi connectivity index (χ0) is 21.1. The molecular formula is C23H23N5O2. The van der Waals surface area contributed by atoms with Gasteiger partial charge in [-0.25, -0.2) is 9.50 Å². The van der Waals surface area contributed by atoms with Crippen LogP contribution >= 0.6 is 0 Å². The molecular weight excluding hydrogens is 378 g/mol. The van der Waals surface area contributed by atoms with Crippen molar-refractivity contribution in [2.24, 2.45) is 0 Å². The van der Waals surface area contributed by atoms with E-state index in [1.807, 2.05) is 18.2 Å². The molecule has 0 fully saturated rings. The van der Waals surface area contributed by atoms with Crippen LogP contribution in [0.4, 0.5) is 0 Å². The molecule has 1 atom stereocenters. The number of benzene rings is 1. The molecule has 0 aliphatic carbocycles. The second-order valence-corrected chi connectivity index (χ2v) is 7.30. The maximum absolute atomic E-state index is 13.1. The highest BCUT2D eigenvalue weighted by Gasteiger charge is 2.20. The number of aliphatic hydroxyl groups excluding tert-OH is 1. The van der Waals surface area contributed by atoms with Crippen LogP contribution in [0.15, 0.2) is 61.2 Å². The first-order chi connectivity index (χ1) is 14.5. The molecule has 0 aliphatic rings. The Labute approximate surface area is 174 Å². The Hall–Kier alpha value is -3.58. The maximum atomic E-state index is 13.1. The summed E-state index contributed by atoms with van der Waals surface area (Å²) < 4.78 is 1.56. The molecule has 7 heteroatoms. The molecule has 4 rings (SSSR count). The lowest BCUT2D eigenvalue weighted by Crippen LogP contribution is -2.29. The van der Waals surface area contributed by atoms with Crippen molar-refractivity contribution in [3.8, 4) is 0 Å². The molecule has 152 valence electrons. The Morgan fingerprint density at radius 3 is 2.73 bits per heavy atom. The van der Waals surface area contributed by atoms with Gasteiger partial charge in [0, 0.05) is 37.5 Å². The molecule has 30 heavy (non-hydrogen) atoms. The van der Waals surface area contributed by atoms with Crippen LogP contribution in [-0.2, 0) is 6.42 Å². The van der Waals surface area contributed by atoms with Gasteiger partial charge in [-0.3, -0.25) is 9.78 Å². The average molecular weight is 401 g/mol. The molecule has 3 heterocycles. The largest absolute Gasteiger partial charge is 0.396 e. The lowest BCUT2D eigenvalue weighted by Gasteiger charge is -2.20. The molecule has 1 aromatic carbocycles. The maximum Gasteiger partial charge on any atom is 0.272 e. The lowest BCUT2D eigenvalue weighted by atomic mass is 9.96. The third-order valence-corrected chi connectivity index (χ3v) is 5.16. The van der Waals surface area contributed by atoms with Crippen LogP contribution in [0, 0.1) is 13.8 Å². The number of aryl methyl sites for hydroxylation is 2. The molecule has 3 aromatic heterocycles. The summed E-state index contributed by atoms with van der Waals surface area (Å²) >= 11 is 0. The van der Waals surface area contributed by atoms with Crippen molar-refractivity contribution < 1.29 is 9.90 Å².